The van der Waals surface area contributed by atoms with Crippen LogP contribution in [0.15, 0.2) is 30.6 Å². The molecule has 1 fully saturated rings. The fraction of sp³-hybridized carbons (Fsp3) is 0.526. The molecule has 0 amide bonds. The minimum atomic E-state index is -0.0467. The number of carbonyl (C=O) groups is 1. The van der Waals surface area contributed by atoms with Gasteiger partial charge in [-0.1, -0.05) is 6.92 Å². The van der Waals surface area contributed by atoms with Gasteiger partial charge in [-0.05, 0) is 68.2 Å². The lowest BCUT2D eigenvalue weighted by Gasteiger charge is -2.31. The van der Waals surface area contributed by atoms with E-state index in [2.05, 4.69) is 22.1 Å². The van der Waals surface area contributed by atoms with Crippen LogP contribution in [-0.4, -0.2) is 22.5 Å². The molecule has 1 aliphatic carbocycles. The van der Waals surface area contributed by atoms with Gasteiger partial charge in [0.25, 0.3) is 0 Å². The fourth-order valence-corrected chi connectivity index (χ4v) is 3.76. The summed E-state index contributed by atoms with van der Waals surface area (Å²) >= 11 is 0. The second-order valence-electron chi connectivity index (χ2n) is 6.43. The Labute approximate surface area is 137 Å². The maximum absolute atomic E-state index is 11.9. The first-order valence-electron chi connectivity index (χ1n) is 8.57. The van der Waals surface area contributed by atoms with E-state index in [0.717, 1.165) is 36.7 Å². The molecule has 0 spiro atoms. The SMILES string of the molecule is CCOC(=O)C(C)C1CCC(c2ccnc3ncccc23)CC1. The zero-order valence-corrected chi connectivity index (χ0v) is 13.9. The Morgan fingerprint density at radius 3 is 2.70 bits per heavy atom. The predicted octanol–water partition coefficient (Wildman–Crippen LogP) is 4.10. The van der Waals surface area contributed by atoms with Crippen LogP contribution in [-0.2, 0) is 9.53 Å². The lowest BCUT2D eigenvalue weighted by Crippen LogP contribution is -2.26. The minimum absolute atomic E-state index is 0.00625. The topological polar surface area (TPSA) is 52.1 Å². The molecule has 1 aliphatic rings. The molecule has 23 heavy (non-hydrogen) atoms. The van der Waals surface area contributed by atoms with Gasteiger partial charge in [-0.15, -0.1) is 0 Å². The Kier molecular flexibility index (Phi) is 4.89. The first-order valence-corrected chi connectivity index (χ1v) is 8.57. The summed E-state index contributed by atoms with van der Waals surface area (Å²) in [6.45, 7) is 4.34. The second-order valence-corrected chi connectivity index (χ2v) is 6.43. The number of hydrogen-bond donors (Lipinski definition) is 0. The van der Waals surface area contributed by atoms with Gasteiger partial charge in [0.2, 0.25) is 0 Å². The maximum Gasteiger partial charge on any atom is 0.308 e. The summed E-state index contributed by atoms with van der Waals surface area (Å²) in [6.07, 6.45) is 8.03. The standard InChI is InChI=1S/C19H24N2O2/c1-3-23-19(22)13(2)14-6-8-15(9-7-14)16-10-12-21-18-17(16)5-4-11-20-18/h4-5,10-15H,3,6-9H2,1-2H3. The van der Waals surface area contributed by atoms with Gasteiger partial charge in [0.15, 0.2) is 5.65 Å². The quantitative estimate of drug-likeness (QED) is 0.797. The number of carbonyl (C=O) groups excluding carboxylic acids is 1. The average Bonchev–Trinajstić information content (AvgIpc) is 2.61. The number of fused-ring (bicyclic) bond motifs is 1. The smallest absolute Gasteiger partial charge is 0.308 e. The molecule has 0 bridgehead atoms. The number of ether oxygens (including phenoxy) is 1. The highest BCUT2D eigenvalue weighted by molar-refractivity contribution is 5.78. The van der Waals surface area contributed by atoms with E-state index >= 15 is 0 Å². The summed E-state index contributed by atoms with van der Waals surface area (Å²) in [5.41, 5.74) is 2.18. The van der Waals surface area contributed by atoms with Crippen molar-refractivity contribution in [3.05, 3.63) is 36.2 Å². The molecule has 2 aromatic rings. The van der Waals surface area contributed by atoms with Crippen LogP contribution in [0.1, 0.15) is 51.0 Å². The van der Waals surface area contributed by atoms with E-state index in [1.165, 1.54) is 5.56 Å². The number of rotatable bonds is 4. The predicted molar refractivity (Wildman–Crippen MR) is 90.0 cm³/mol. The zero-order valence-electron chi connectivity index (χ0n) is 13.9. The number of aromatic nitrogens is 2. The Balaban J connectivity index is 1.70. The van der Waals surface area contributed by atoms with Crippen LogP contribution >= 0.6 is 0 Å². The molecule has 3 rings (SSSR count). The molecular weight excluding hydrogens is 288 g/mol. The number of hydrogen-bond acceptors (Lipinski definition) is 4. The first kappa shape index (κ1) is 15.9. The van der Waals surface area contributed by atoms with Crippen molar-refractivity contribution in [1.82, 2.24) is 9.97 Å². The molecule has 0 N–H and O–H groups in total. The molecule has 1 saturated carbocycles. The van der Waals surface area contributed by atoms with Crippen molar-refractivity contribution in [2.24, 2.45) is 11.8 Å². The highest BCUT2D eigenvalue weighted by Crippen LogP contribution is 2.40. The van der Waals surface area contributed by atoms with Gasteiger partial charge in [0.05, 0.1) is 12.5 Å². The minimum Gasteiger partial charge on any atom is -0.466 e. The molecule has 0 aromatic carbocycles. The molecule has 4 nitrogen and oxygen atoms in total. The van der Waals surface area contributed by atoms with E-state index in [-0.39, 0.29) is 11.9 Å². The van der Waals surface area contributed by atoms with Crippen LogP contribution in [0.4, 0.5) is 0 Å². The van der Waals surface area contributed by atoms with Gasteiger partial charge >= 0.3 is 5.97 Å². The molecular formula is C19H24N2O2. The number of nitrogens with zero attached hydrogens (tertiary/aromatic N) is 2. The summed E-state index contributed by atoms with van der Waals surface area (Å²) in [6, 6.07) is 6.21. The molecule has 2 aromatic heterocycles. The van der Waals surface area contributed by atoms with E-state index in [0.29, 0.717) is 18.4 Å². The van der Waals surface area contributed by atoms with Crippen LogP contribution in [0, 0.1) is 11.8 Å². The summed E-state index contributed by atoms with van der Waals surface area (Å²) in [7, 11) is 0. The Hall–Kier alpha value is -1.97. The molecule has 4 heteroatoms. The molecule has 0 aliphatic heterocycles. The van der Waals surface area contributed by atoms with E-state index in [1.54, 1.807) is 6.20 Å². The highest BCUT2D eigenvalue weighted by Gasteiger charge is 2.30. The molecule has 1 unspecified atom stereocenters. The lowest BCUT2D eigenvalue weighted by molar-refractivity contribution is -0.149. The third-order valence-corrected chi connectivity index (χ3v) is 5.13. The van der Waals surface area contributed by atoms with Gasteiger partial charge in [-0.2, -0.15) is 0 Å². The van der Waals surface area contributed by atoms with Gasteiger partial charge in [0.1, 0.15) is 0 Å². The van der Waals surface area contributed by atoms with Crippen molar-refractivity contribution >= 4 is 17.0 Å². The number of pyridine rings is 2. The molecule has 0 saturated heterocycles. The third-order valence-electron chi connectivity index (χ3n) is 5.13. The fourth-order valence-electron chi connectivity index (χ4n) is 3.76. The molecule has 2 heterocycles. The van der Waals surface area contributed by atoms with Crippen LogP contribution in [0.25, 0.3) is 11.0 Å². The molecule has 0 radical (unpaired) electrons. The Bertz CT molecular complexity index is 673. The van der Waals surface area contributed by atoms with Gasteiger partial charge < -0.3 is 4.74 Å². The highest BCUT2D eigenvalue weighted by atomic mass is 16.5. The van der Waals surface area contributed by atoms with Crippen LogP contribution < -0.4 is 0 Å². The van der Waals surface area contributed by atoms with E-state index < -0.39 is 0 Å². The van der Waals surface area contributed by atoms with E-state index in [1.807, 2.05) is 26.1 Å². The second kappa shape index (κ2) is 7.07. The third kappa shape index (κ3) is 3.36. The van der Waals surface area contributed by atoms with E-state index in [9.17, 15) is 4.79 Å². The first-order chi connectivity index (χ1) is 11.2. The summed E-state index contributed by atoms with van der Waals surface area (Å²) < 4.78 is 5.17. The Morgan fingerprint density at radius 2 is 1.96 bits per heavy atom. The monoisotopic (exact) mass is 312 g/mol. The molecule has 1 atom stereocenters. The van der Waals surface area contributed by atoms with Crippen molar-refractivity contribution in [3.8, 4) is 0 Å². The van der Waals surface area contributed by atoms with Crippen molar-refractivity contribution in [2.75, 3.05) is 6.61 Å². The summed E-state index contributed by atoms with van der Waals surface area (Å²) in [5, 5.41) is 1.16. The van der Waals surface area contributed by atoms with Crippen molar-refractivity contribution in [3.63, 3.8) is 0 Å². The van der Waals surface area contributed by atoms with Crippen LogP contribution in [0.2, 0.25) is 0 Å². The van der Waals surface area contributed by atoms with Gasteiger partial charge in [-0.3, -0.25) is 4.79 Å². The largest absolute Gasteiger partial charge is 0.466 e. The zero-order chi connectivity index (χ0) is 16.2. The maximum atomic E-state index is 11.9. The normalized spacial score (nSPS) is 22.7. The lowest BCUT2D eigenvalue weighted by atomic mass is 9.74. The van der Waals surface area contributed by atoms with Crippen LogP contribution in [0.5, 0.6) is 0 Å². The van der Waals surface area contributed by atoms with Crippen LogP contribution in [0.3, 0.4) is 0 Å². The van der Waals surface area contributed by atoms with Crippen molar-refractivity contribution in [1.29, 1.82) is 0 Å². The Morgan fingerprint density at radius 1 is 1.22 bits per heavy atom. The van der Waals surface area contributed by atoms with Gasteiger partial charge in [-0.25, -0.2) is 9.97 Å². The van der Waals surface area contributed by atoms with Crippen molar-refractivity contribution in [2.45, 2.75) is 45.4 Å². The average molecular weight is 312 g/mol. The molecule has 122 valence electrons. The number of esters is 1. The van der Waals surface area contributed by atoms with Crippen molar-refractivity contribution < 1.29 is 9.53 Å². The summed E-state index contributed by atoms with van der Waals surface area (Å²) in [5.74, 6) is 0.938. The summed E-state index contributed by atoms with van der Waals surface area (Å²) in [4.78, 5) is 20.6. The van der Waals surface area contributed by atoms with Gasteiger partial charge in [0, 0.05) is 17.8 Å². The van der Waals surface area contributed by atoms with E-state index in [4.69, 9.17) is 4.74 Å².